The van der Waals surface area contributed by atoms with Gasteiger partial charge in [0.2, 0.25) is 0 Å². The van der Waals surface area contributed by atoms with E-state index in [9.17, 15) is 4.79 Å². The lowest BCUT2D eigenvalue weighted by atomic mass is 9.98. The molecule has 0 aliphatic rings. The van der Waals surface area contributed by atoms with Crippen LogP contribution in [0.15, 0.2) is 18.2 Å². The van der Waals surface area contributed by atoms with E-state index in [0.717, 1.165) is 23.3 Å². The molecule has 0 unspecified atom stereocenters. The van der Waals surface area contributed by atoms with Crippen molar-refractivity contribution >= 4 is 5.78 Å². The van der Waals surface area contributed by atoms with Gasteiger partial charge in [-0.3, -0.25) is 4.79 Å². The molecule has 1 aromatic carbocycles. The van der Waals surface area contributed by atoms with Crippen molar-refractivity contribution in [1.82, 2.24) is 0 Å². The van der Waals surface area contributed by atoms with Crippen LogP contribution in [0.5, 0.6) is 5.75 Å². The molecular formula is C13H18O2. The van der Waals surface area contributed by atoms with Crippen molar-refractivity contribution in [2.45, 2.75) is 27.2 Å². The van der Waals surface area contributed by atoms with Gasteiger partial charge in [0.05, 0.1) is 7.11 Å². The number of aryl methyl sites for hydroxylation is 1. The molecule has 0 N–H and O–H groups in total. The lowest BCUT2D eigenvalue weighted by molar-refractivity contribution is 0.0939. The normalized spacial score (nSPS) is 10.5. The van der Waals surface area contributed by atoms with Gasteiger partial charge in [-0.25, -0.2) is 0 Å². The summed E-state index contributed by atoms with van der Waals surface area (Å²) < 4.78 is 5.22. The number of carbonyl (C=O) groups is 1. The lowest BCUT2D eigenvalue weighted by Gasteiger charge is -2.09. The van der Waals surface area contributed by atoms with Gasteiger partial charge in [0.15, 0.2) is 5.78 Å². The van der Waals surface area contributed by atoms with Crippen LogP contribution in [0.4, 0.5) is 0 Å². The number of ether oxygens (including phenoxy) is 1. The molecule has 0 aliphatic heterocycles. The van der Waals surface area contributed by atoms with Crippen LogP contribution in [0.3, 0.4) is 0 Å². The molecule has 0 heterocycles. The van der Waals surface area contributed by atoms with E-state index in [1.807, 2.05) is 32.0 Å². The Labute approximate surface area is 91.3 Å². The van der Waals surface area contributed by atoms with Crippen molar-refractivity contribution in [3.63, 3.8) is 0 Å². The molecular weight excluding hydrogens is 188 g/mol. The minimum Gasteiger partial charge on any atom is -0.496 e. The van der Waals surface area contributed by atoms with Gasteiger partial charge >= 0.3 is 0 Å². The summed E-state index contributed by atoms with van der Waals surface area (Å²) in [6.07, 6.45) is 0.877. The Bertz CT molecular complexity index is 354. The van der Waals surface area contributed by atoms with Gasteiger partial charge in [0.25, 0.3) is 0 Å². The third kappa shape index (κ3) is 2.58. The minimum absolute atomic E-state index is 0.0445. The van der Waals surface area contributed by atoms with E-state index in [2.05, 4.69) is 6.92 Å². The highest BCUT2D eigenvalue weighted by atomic mass is 16.5. The second kappa shape index (κ2) is 4.96. The molecule has 0 amide bonds. The second-order valence-electron chi connectivity index (χ2n) is 3.90. The molecule has 0 radical (unpaired) electrons. The molecule has 82 valence electrons. The number of carbonyl (C=O) groups excluding carboxylic acids is 1. The Hall–Kier alpha value is -1.31. The summed E-state index contributed by atoms with van der Waals surface area (Å²) >= 11 is 0. The number of rotatable bonds is 4. The quantitative estimate of drug-likeness (QED) is 0.707. The van der Waals surface area contributed by atoms with Gasteiger partial charge in [-0.2, -0.15) is 0 Å². The Balaban J connectivity index is 3.08. The van der Waals surface area contributed by atoms with Crippen molar-refractivity contribution in [2.75, 3.05) is 7.11 Å². The Morgan fingerprint density at radius 3 is 2.53 bits per heavy atom. The maximum atomic E-state index is 11.8. The maximum absolute atomic E-state index is 11.8. The summed E-state index contributed by atoms with van der Waals surface area (Å²) in [5.41, 5.74) is 1.87. The van der Waals surface area contributed by atoms with Crippen LogP contribution in [0.2, 0.25) is 0 Å². The summed E-state index contributed by atoms with van der Waals surface area (Å²) in [6.45, 7) is 5.89. The molecule has 1 aromatic rings. The van der Waals surface area contributed by atoms with Crippen LogP contribution in [0.1, 0.15) is 36.7 Å². The van der Waals surface area contributed by atoms with Crippen LogP contribution in [-0.2, 0) is 6.42 Å². The molecule has 0 saturated carbocycles. The van der Waals surface area contributed by atoms with Gasteiger partial charge in [0, 0.05) is 11.5 Å². The van der Waals surface area contributed by atoms with Crippen LogP contribution < -0.4 is 4.74 Å². The molecule has 0 atom stereocenters. The summed E-state index contributed by atoms with van der Waals surface area (Å²) in [5.74, 6) is 1.09. The zero-order valence-electron chi connectivity index (χ0n) is 9.83. The highest BCUT2D eigenvalue weighted by Crippen LogP contribution is 2.21. The fourth-order valence-electron chi connectivity index (χ4n) is 1.54. The van der Waals surface area contributed by atoms with E-state index in [1.54, 1.807) is 7.11 Å². The van der Waals surface area contributed by atoms with E-state index in [1.165, 1.54) is 0 Å². The lowest BCUT2D eigenvalue weighted by Crippen LogP contribution is -2.08. The fraction of sp³-hybridized carbons (Fsp3) is 0.462. The molecule has 0 fully saturated rings. The first-order valence-corrected chi connectivity index (χ1v) is 5.31. The number of ketones is 1. The van der Waals surface area contributed by atoms with Crippen molar-refractivity contribution in [1.29, 1.82) is 0 Å². The van der Waals surface area contributed by atoms with Crippen molar-refractivity contribution in [3.05, 3.63) is 29.3 Å². The third-order valence-electron chi connectivity index (χ3n) is 2.47. The van der Waals surface area contributed by atoms with Gasteiger partial charge in [-0.05, 0) is 30.2 Å². The number of hydrogen-bond acceptors (Lipinski definition) is 2. The SMILES string of the molecule is CCc1cc(C(=O)C(C)C)ccc1OC. The predicted molar refractivity (Wildman–Crippen MR) is 61.5 cm³/mol. The van der Waals surface area contributed by atoms with E-state index >= 15 is 0 Å². The molecule has 15 heavy (non-hydrogen) atoms. The summed E-state index contributed by atoms with van der Waals surface area (Å²) in [5, 5.41) is 0. The van der Waals surface area contributed by atoms with Crippen molar-refractivity contribution in [2.24, 2.45) is 5.92 Å². The van der Waals surface area contributed by atoms with Crippen LogP contribution in [-0.4, -0.2) is 12.9 Å². The largest absolute Gasteiger partial charge is 0.496 e. The van der Waals surface area contributed by atoms with Crippen LogP contribution in [0, 0.1) is 5.92 Å². The van der Waals surface area contributed by atoms with Crippen molar-refractivity contribution in [3.8, 4) is 5.75 Å². The molecule has 0 spiro atoms. The number of Topliss-reactive ketones (excluding diaryl/α,β-unsaturated/α-hetero) is 1. The van der Waals surface area contributed by atoms with Crippen LogP contribution in [0.25, 0.3) is 0 Å². The van der Waals surface area contributed by atoms with E-state index in [4.69, 9.17) is 4.74 Å². The molecule has 0 aliphatic carbocycles. The highest BCUT2D eigenvalue weighted by Gasteiger charge is 2.12. The first-order valence-electron chi connectivity index (χ1n) is 5.31. The summed E-state index contributed by atoms with van der Waals surface area (Å²) in [4.78, 5) is 11.8. The maximum Gasteiger partial charge on any atom is 0.165 e. The average molecular weight is 206 g/mol. The molecule has 0 saturated heterocycles. The summed E-state index contributed by atoms with van der Waals surface area (Å²) in [7, 11) is 1.65. The zero-order valence-corrected chi connectivity index (χ0v) is 9.83. The van der Waals surface area contributed by atoms with Gasteiger partial charge in [0.1, 0.15) is 5.75 Å². The second-order valence-corrected chi connectivity index (χ2v) is 3.90. The first kappa shape index (κ1) is 11.8. The van der Waals surface area contributed by atoms with E-state index < -0.39 is 0 Å². The zero-order chi connectivity index (χ0) is 11.4. The topological polar surface area (TPSA) is 26.3 Å². The number of methoxy groups -OCH3 is 1. The smallest absolute Gasteiger partial charge is 0.165 e. The minimum atomic E-state index is 0.0445. The Morgan fingerprint density at radius 1 is 1.40 bits per heavy atom. The molecule has 2 nitrogen and oxygen atoms in total. The van der Waals surface area contributed by atoms with Gasteiger partial charge in [-0.1, -0.05) is 20.8 Å². The fourth-order valence-corrected chi connectivity index (χ4v) is 1.54. The van der Waals surface area contributed by atoms with Crippen LogP contribution >= 0.6 is 0 Å². The molecule has 2 heteroatoms. The van der Waals surface area contributed by atoms with Gasteiger partial charge < -0.3 is 4.74 Å². The van der Waals surface area contributed by atoms with Gasteiger partial charge in [-0.15, -0.1) is 0 Å². The predicted octanol–water partition coefficient (Wildman–Crippen LogP) is 3.10. The first-order chi connectivity index (χ1) is 7.10. The summed E-state index contributed by atoms with van der Waals surface area (Å²) in [6, 6.07) is 5.63. The number of benzene rings is 1. The highest BCUT2D eigenvalue weighted by molar-refractivity contribution is 5.97. The monoisotopic (exact) mass is 206 g/mol. The number of hydrogen-bond donors (Lipinski definition) is 0. The molecule has 1 rings (SSSR count). The average Bonchev–Trinajstić information content (AvgIpc) is 2.26. The van der Waals surface area contributed by atoms with E-state index in [0.29, 0.717) is 0 Å². The Kier molecular flexibility index (Phi) is 3.89. The molecule has 0 aromatic heterocycles. The standard InChI is InChI=1S/C13H18O2/c1-5-10-8-11(13(14)9(2)3)6-7-12(10)15-4/h6-9H,5H2,1-4H3. The third-order valence-corrected chi connectivity index (χ3v) is 2.47. The molecule has 0 bridgehead atoms. The van der Waals surface area contributed by atoms with E-state index in [-0.39, 0.29) is 11.7 Å². The Morgan fingerprint density at radius 2 is 2.07 bits per heavy atom. The van der Waals surface area contributed by atoms with Crippen molar-refractivity contribution < 1.29 is 9.53 Å².